The summed E-state index contributed by atoms with van der Waals surface area (Å²) in [5.74, 6) is 0.131. The van der Waals surface area contributed by atoms with Crippen molar-refractivity contribution in [1.82, 2.24) is 5.32 Å². The Labute approximate surface area is 146 Å². The molecule has 2 aromatic rings. The van der Waals surface area contributed by atoms with Crippen LogP contribution in [0, 0.1) is 0 Å². The number of halogens is 1. The van der Waals surface area contributed by atoms with Crippen molar-refractivity contribution in [3.63, 3.8) is 0 Å². The molecule has 0 saturated heterocycles. The zero-order valence-electron chi connectivity index (χ0n) is 13.4. The van der Waals surface area contributed by atoms with E-state index < -0.39 is 5.97 Å². The fourth-order valence-electron chi connectivity index (χ4n) is 2.17. The third kappa shape index (κ3) is 5.44. The summed E-state index contributed by atoms with van der Waals surface area (Å²) < 4.78 is 11.5. The molecule has 0 radical (unpaired) electrons. The van der Waals surface area contributed by atoms with Gasteiger partial charge in [0.05, 0.1) is 18.2 Å². The molecule has 6 heteroatoms. The lowest BCUT2D eigenvalue weighted by atomic mass is 10.2. The van der Waals surface area contributed by atoms with Crippen molar-refractivity contribution < 1.29 is 19.4 Å². The van der Waals surface area contributed by atoms with E-state index in [0.717, 1.165) is 11.1 Å². The Morgan fingerprint density at radius 1 is 1.17 bits per heavy atom. The summed E-state index contributed by atoms with van der Waals surface area (Å²) >= 11 is 6.33. The minimum absolute atomic E-state index is 0.117. The highest BCUT2D eigenvalue weighted by Crippen LogP contribution is 2.37. The van der Waals surface area contributed by atoms with E-state index in [1.807, 2.05) is 43.3 Å². The average molecular weight is 350 g/mol. The average Bonchev–Trinajstić information content (AvgIpc) is 2.55. The predicted octanol–water partition coefficient (Wildman–Crippen LogP) is 3.49. The number of carboxylic acids is 1. The summed E-state index contributed by atoms with van der Waals surface area (Å²) in [6, 6.07) is 13.3. The first kappa shape index (κ1) is 18.1. The van der Waals surface area contributed by atoms with E-state index in [2.05, 4.69) is 5.32 Å². The normalized spacial score (nSPS) is 10.4. The van der Waals surface area contributed by atoms with E-state index in [9.17, 15) is 4.79 Å². The van der Waals surface area contributed by atoms with Gasteiger partial charge in [0.2, 0.25) is 0 Å². The molecule has 2 N–H and O–H groups in total. The van der Waals surface area contributed by atoms with Crippen LogP contribution in [-0.2, 0) is 17.9 Å². The Bertz CT molecular complexity index is 676. The van der Waals surface area contributed by atoms with Crippen LogP contribution in [0.5, 0.6) is 11.5 Å². The first-order valence-corrected chi connectivity index (χ1v) is 8.02. The lowest BCUT2D eigenvalue weighted by Crippen LogP contribution is -2.21. The molecule has 0 atom stereocenters. The van der Waals surface area contributed by atoms with Crippen LogP contribution in [0.4, 0.5) is 0 Å². The molecule has 0 spiro atoms. The van der Waals surface area contributed by atoms with Crippen LogP contribution in [0.3, 0.4) is 0 Å². The minimum atomic E-state index is -0.908. The SMILES string of the molecule is CCOc1cc(CNCC(=O)O)cc(Cl)c1OCc1ccccc1. The minimum Gasteiger partial charge on any atom is -0.490 e. The van der Waals surface area contributed by atoms with E-state index in [1.54, 1.807) is 6.07 Å². The highest BCUT2D eigenvalue weighted by molar-refractivity contribution is 6.32. The summed E-state index contributed by atoms with van der Waals surface area (Å²) in [4.78, 5) is 10.6. The summed E-state index contributed by atoms with van der Waals surface area (Å²) in [7, 11) is 0. The van der Waals surface area contributed by atoms with Gasteiger partial charge in [-0.25, -0.2) is 0 Å². The molecular weight excluding hydrogens is 330 g/mol. The molecule has 0 unspecified atom stereocenters. The van der Waals surface area contributed by atoms with Gasteiger partial charge >= 0.3 is 5.97 Å². The van der Waals surface area contributed by atoms with E-state index in [1.165, 1.54) is 0 Å². The van der Waals surface area contributed by atoms with Gasteiger partial charge in [-0.3, -0.25) is 4.79 Å². The molecule has 24 heavy (non-hydrogen) atoms. The van der Waals surface area contributed by atoms with Crippen LogP contribution < -0.4 is 14.8 Å². The first-order valence-electron chi connectivity index (χ1n) is 7.64. The monoisotopic (exact) mass is 349 g/mol. The van der Waals surface area contributed by atoms with Crippen LogP contribution in [0.1, 0.15) is 18.1 Å². The number of ether oxygens (including phenoxy) is 2. The van der Waals surface area contributed by atoms with Crippen LogP contribution >= 0.6 is 11.6 Å². The molecular formula is C18H20ClNO4. The molecule has 0 bridgehead atoms. The molecule has 0 aromatic heterocycles. The number of hydrogen-bond acceptors (Lipinski definition) is 4. The van der Waals surface area contributed by atoms with E-state index in [4.69, 9.17) is 26.2 Å². The highest BCUT2D eigenvalue weighted by Gasteiger charge is 2.13. The zero-order valence-corrected chi connectivity index (χ0v) is 14.2. The third-order valence-electron chi connectivity index (χ3n) is 3.20. The summed E-state index contributed by atoms with van der Waals surface area (Å²) in [5.41, 5.74) is 1.86. The van der Waals surface area contributed by atoms with Crippen molar-refractivity contribution in [1.29, 1.82) is 0 Å². The van der Waals surface area contributed by atoms with Crippen LogP contribution in [0.15, 0.2) is 42.5 Å². The van der Waals surface area contributed by atoms with Crippen LogP contribution in [-0.4, -0.2) is 24.2 Å². The van der Waals surface area contributed by atoms with Crippen LogP contribution in [0.25, 0.3) is 0 Å². The number of rotatable bonds is 9. The van der Waals surface area contributed by atoms with E-state index in [-0.39, 0.29) is 6.54 Å². The molecule has 2 aromatic carbocycles. The molecule has 0 fully saturated rings. The summed E-state index contributed by atoms with van der Waals surface area (Å²) in [6.07, 6.45) is 0. The van der Waals surface area contributed by atoms with Crippen molar-refractivity contribution in [2.45, 2.75) is 20.1 Å². The lowest BCUT2D eigenvalue weighted by molar-refractivity contribution is -0.135. The van der Waals surface area contributed by atoms with Crippen molar-refractivity contribution in [2.75, 3.05) is 13.2 Å². The van der Waals surface area contributed by atoms with Crippen molar-refractivity contribution >= 4 is 17.6 Å². The van der Waals surface area contributed by atoms with Crippen molar-refractivity contribution in [2.24, 2.45) is 0 Å². The largest absolute Gasteiger partial charge is 0.490 e. The second-order valence-corrected chi connectivity index (χ2v) is 5.52. The molecule has 128 valence electrons. The standard InChI is InChI=1S/C18H20ClNO4/c1-2-23-16-9-14(10-20-11-17(21)22)8-15(19)18(16)24-12-13-6-4-3-5-7-13/h3-9,20H,2,10-12H2,1H3,(H,21,22). The number of hydrogen-bond donors (Lipinski definition) is 2. The second kappa shape index (κ2) is 9.15. The number of carbonyl (C=O) groups is 1. The van der Waals surface area contributed by atoms with Gasteiger partial charge in [-0.05, 0) is 30.2 Å². The molecule has 0 aliphatic carbocycles. The Morgan fingerprint density at radius 2 is 1.92 bits per heavy atom. The van der Waals surface area contributed by atoms with E-state index >= 15 is 0 Å². The van der Waals surface area contributed by atoms with E-state index in [0.29, 0.717) is 36.3 Å². The second-order valence-electron chi connectivity index (χ2n) is 5.11. The molecule has 0 amide bonds. The topological polar surface area (TPSA) is 67.8 Å². The van der Waals surface area contributed by atoms with Gasteiger partial charge in [0, 0.05) is 6.54 Å². The predicted molar refractivity (Wildman–Crippen MR) is 92.7 cm³/mol. The molecule has 0 heterocycles. The number of nitrogens with one attached hydrogen (secondary N) is 1. The zero-order chi connectivity index (χ0) is 17.4. The van der Waals surface area contributed by atoms with Gasteiger partial charge < -0.3 is 19.9 Å². The van der Waals surface area contributed by atoms with Crippen molar-refractivity contribution in [3.05, 3.63) is 58.6 Å². The number of aliphatic carboxylic acids is 1. The maximum atomic E-state index is 10.6. The first-order chi connectivity index (χ1) is 11.6. The number of carboxylic acid groups (broad SMARTS) is 1. The smallest absolute Gasteiger partial charge is 0.317 e. The lowest BCUT2D eigenvalue weighted by Gasteiger charge is -2.15. The van der Waals surface area contributed by atoms with Crippen LogP contribution in [0.2, 0.25) is 5.02 Å². The van der Waals surface area contributed by atoms with Gasteiger partial charge in [0.15, 0.2) is 11.5 Å². The van der Waals surface area contributed by atoms with Gasteiger partial charge in [-0.2, -0.15) is 0 Å². The molecule has 0 saturated carbocycles. The highest BCUT2D eigenvalue weighted by atomic mass is 35.5. The molecule has 2 rings (SSSR count). The maximum absolute atomic E-state index is 10.6. The Kier molecular flexibility index (Phi) is 6.90. The summed E-state index contributed by atoms with van der Waals surface area (Å²) in [5, 5.41) is 11.9. The van der Waals surface area contributed by atoms with Gasteiger partial charge in [-0.1, -0.05) is 41.9 Å². The molecule has 0 aliphatic heterocycles. The van der Waals surface area contributed by atoms with Gasteiger partial charge in [0.1, 0.15) is 6.61 Å². The quantitative estimate of drug-likeness (QED) is 0.725. The van der Waals surface area contributed by atoms with Crippen molar-refractivity contribution in [3.8, 4) is 11.5 Å². The fourth-order valence-corrected chi connectivity index (χ4v) is 2.46. The maximum Gasteiger partial charge on any atom is 0.317 e. The molecule has 0 aliphatic rings. The fraction of sp³-hybridized carbons (Fsp3) is 0.278. The van der Waals surface area contributed by atoms with Gasteiger partial charge in [0.25, 0.3) is 0 Å². The molecule has 5 nitrogen and oxygen atoms in total. The summed E-state index contributed by atoms with van der Waals surface area (Å²) in [6.45, 7) is 3.00. The van der Waals surface area contributed by atoms with Gasteiger partial charge in [-0.15, -0.1) is 0 Å². The third-order valence-corrected chi connectivity index (χ3v) is 3.48. The Morgan fingerprint density at radius 3 is 2.58 bits per heavy atom. The number of benzene rings is 2. The Hall–Kier alpha value is -2.24. The Balaban J connectivity index is 2.12.